The minimum atomic E-state index is 0.326. The van der Waals surface area contributed by atoms with E-state index >= 15 is 0 Å². The molecule has 0 saturated carbocycles. The van der Waals surface area contributed by atoms with Crippen LogP contribution in [-0.4, -0.2) is 13.1 Å². The summed E-state index contributed by atoms with van der Waals surface area (Å²) in [5.74, 6) is 0. The largest absolute Gasteiger partial charge is 0.315 e. The van der Waals surface area contributed by atoms with Gasteiger partial charge in [0.2, 0.25) is 0 Å². The second kappa shape index (κ2) is 4.28. The number of thiophene rings is 1. The summed E-state index contributed by atoms with van der Waals surface area (Å²) in [6.07, 6.45) is 1.16. The number of aryl methyl sites for hydroxylation is 1. The highest BCUT2D eigenvalue weighted by atomic mass is 32.1. The molecule has 0 radical (unpaired) electrons. The van der Waals surface area contributed by atoms with Crippen LogP contribution in [0, 0.1) is 6.92 Å². The van der Waals surface area contributed by atoms with E-state index in [4.69, 9.17) is 0 Å². The zero-order valence-electron chi connectivity index (χ0n) is 10.1. The highest BCUT2D eigenvalue weighted by Crippen LogP contribution is 2.34. The average Bonchev–Trinajstić information content (AvgIpc) is 2.77. The van der Waals surface area contributed by atoms with Crippen molar-refractivity contribution in [2.75, 3.05) is 13.1 Å². The van der Waals surface area contributed by atoms with Gasteiger partial charge in [0.25, 0.3) is 0 Å². The second-order valence-corrected chi connectivity index (χ2v) is 5.79. The number of benzene rings is 1. The quantitative estimate of drug-likeness (QED) is 0.873. The van der Waals surface area contributed by atoms with Gasteiger partial charge in [-0.15, -0.1) is 0 Å². The molecule has 2 aromatic rings. The van der Waals surface area contributed by atoms with Crippen LogP contribution in [-0.2, 0) is 11.8 Å². The molecule has 1 aliphatic rings. The third-order valence-electron chi connectivity index (χ3n) is 3.77. The summed E-state index contributed by atoms with van der Waals surface area (Å²) in [4.78, 5) is 0. The minimum absolute atomic E-state index is 0.326. The van der Waals surface area contributed by atoms with Gasteiger partial charge in [0.1, 0.15) is 0 Å². The molecule has 0 amide bonds. The summed E-state index contributed by atoms with van der Waals surface area (Å²) in [6, 6.07) is 11.1. The normalized spacial score (nSPS) is 17.7. The van der Waals surface area contributed by atoms with E-state index < -0.39 is 0 Å². The number of rotatable bonds is 3. The lowest BCUT2D eigenvalue weighted by atomic mass is 9.70. The van der Waals surface area contributed by atoms with Gasteiger partial charge in [0.15, 0.2) is 0 Å². The fraction of sp³-hybridized carbons (Fsp3) is 0.333. The summed E-state index contributed by atoms with van der Waals surface area (Å²) in [7, 11) is 0. The SMILES string of the molecule is Cc1ccccc1C1(Cc2ccsc2)CNC1. The summed E-state index contributed by atoms with van der Waals surface area (Å²) >= 11 is 1.79. The van der Waals surface area contributed by atoms with Gasteiger partial charge >= 0.3 is 0 Å². The standard InChI is InChI=1S/C15H17NS/c1-12-4-2-3-5-14(12)15(10-16-11-15)8-13-6-7-17-9-13/h2-7,9,16H,8,10-11H2,1H3. The van der Waals surface area contributed by atoms with Gasteiger partial charge in [0.05, 0.1) is 0 Å². The van der Waals surface area contributed by atoms with Gasteiger partial charge in [0, 0.05) is 18.5 Å². The topological polar surface area (TPSA) is 12.0 Å². The van der Waals surface area contributed by atoms with Crippen LogP contribution in [0.15, 0.2) is 41.1 Å². The fourth-order valence-electron chi connectivity index (χ4n) is 2.79. The zero-order chi connectivity index (χ0) is 11.7. The highest BCUT2D eigenvalue weighted by molar-refractivity contribution is 7.07. The Bertz CT molecular complexity index is 497. The van der Waals surface area contributed by atoms with E-state index in [2.05, 4.69) is 53.3 Å². The van der Waals surface area contributed by atoms with Gasteiger partial charge < -0.3 is 5.32 Å². The molecule has 2 heteroatoms. The van der Waals surface area contributed by atoms with Crippen LogP contribution in [0.2, 0.25) is 0 Å². The van der Waals surface area contributed by atoms with E-state index in [1.807, 2.05) is 0 Å². The first kappa shape index (κ1) is 11.0. The maximum Gasteiger partial charge on any atom is 0.0245 e. The van der Waals surface area contributed by atoms with E-state index in [9.17, 15) is 0 Å². The van der Waals surface area contributed by atoms with E-state index in [-0.39, 0.29) is 0 Å². The van der Waals surface area contributed by atoms with Crippen molar-refractivity contribution in [2.24, 2.45) is 0 Å². The van der Waals surface area contributed by atoms with Crippen molar-refractivity contribution in [1.29, 1.82) is 0 Å². The molecule has 1 N–H and O–H groups in total. The van der Waals surface area contributed by atoms with Crippen molar-refractivity contribution >= 4 is 11.3 Å². The predicted molar refractivity (Wildman–Crippen MR) is 73.7 cm³/mol. The van der Waals surface area contributed by atoms with Crippen LogP contribution >= 0.6 is 11.3 Å². The molecule has 1 aromatic carbocycles. The zero-order valence-corrected chi connectivity index (χ0v) is 10.9. The highest BCUT2D eigenvalue weighted by Gasteiger charge is 2.39. The van der Waals surface area contributed by atoms with E-state index in [1.54, 1.807) is 11.3 Å². The van der Waals surface area contributed by atoms with Crippen molar-refractivity contribution in [3.8, 4) is 0 Å². The monoisotopic (exact) mass is 243 g/mol. The molecule has 17 heavy (non-hydrogen) atoms. The second-order valence-electron chi connectivity index (χ2n) is 5.01. The maximum absolute atomic E-state index is 3.44. The molecule has 0 bridgehead atoms. The van der Waals surface area contributed by atoms with Crippen molar-refractivity contribution in [3.63, 3.8) is 0 Å². The van der Waals surface area contributed by atoms with Gasteiger partial charge in [-0.1, -0.05) is 24.3 Å². The van der Waals surface area contributed by atoms with Crippen LogP contribution in [0.5, 0.6) is 0 Å². The van der Waals surface area contributed by atoms with Crippen molar-refractivity contribution in [3.05, 3.63) is 57.8 Å². The molecule has 88 valence electrons. The first-order valence-corrected chi connectivity index (χ1v) is 7.02. The van der Waals surface area contributed by atoms with Crippen molar-refractivity contribution in [2.45, 2.75) is 18.8 Å². The molecule has 3 rings (SSSR count). The Morgan fingerprint density at radius 2 is 2.06 bits per heavy atom. The van der Waals surface area contributed by atoms with Crippen LogP contribution in [0.25, 0.3) is 0 Å². The fourth-order valence-corrected chi connectivity index (χ4v) is 3.46. The average molecular weight is 243 g/mol. The number of hydrogen-bond acceptors (Lipinski definition) is 2. The Labute approximate surface area is 106 Å². The lowest BCUT2D eigenvalue weighted by molar-refractivity contribution is 0.274. The third kappa shape index (κ3) is 1.92. The lowest BCUT2D eigenvalue weighted by Crippen LogP contribution is -2.58. The predicted octanol–water partition coefficient (Wildman–Crippen LogP) is 3.14. The molecule has 0 atom stereocenters. The van der Waals surface area contributed by atoms with E-state index in [0.717, 1.165) is 19.5 Å². The van der Waals surface area contributed by atoms with Crippen LogP contribution in [0.1, 0.15) is 16.7 Å². The smallest absolute Gasteiger partial charge is 0.0245 e. The molecule has 2 heterocycles. The Morgan fingerprint density at radius 3 is 2.65 bits per heavy atom. The Kier molecular flexibility index (Phi) is 2.77. The van der Waals surface area contributed by atoms with Gasteiger partial charge in [-0.25, -0.2) is 0 Å². The number of hydrogen-bond donors (Lipinski definition) is 1. The molecular weight excluding hydrogens is 226 g/mol. The molecular formula is C15H17NS. The molecule has 1 fully saturated rings. The Hall–Kier alpha value is -1.12. The molecule has 1 saturated heterocycles. The summed E-state index contributed by atoms with van der Waals surface area (Å²) in [5.41, 5.74) is 4.74. The minimum Gasteiger partial charge on any atom is -0.315 e. The third-order valence-corrected chi connectivity index (χ3v) is 4.50. The van der Waals surface area contributed by atoms with Gasteiger partial charge in [-0.3, -0.25) is 0 Å². The molecule has 0 aliphatic carbocycles. The molecule has 1 aliphatic heterocycles. The Balaban J connectivity index is 1.95. The van der Waals surface area contributed by atoms with E-state index in [0.29, 0.717) is 5.41 Å². The molecule has 1 nitrogen and oxygen atoms in total. The van der Waals surface area contributed by atoms with Crippen LogP contribution in [0.3, 0.4) is 0 Å². The number of nitrogens with one attached hydrogen (secondary N) is 1. The van der Waals surface area contributed by atoms with E-state index in [1.165, 1.54) is 16.7 Å². The lowest BCUT2D eigenvalue weighted by Gasteiger charge is -2.44. The van der Waals surface area contributed by atoms with Crippen molar-refractivity contribution < 1.29 is 0 Å². The van der Waals surface area contributed by atoms with Crippen LogP contribution < -0.4 is 5.32 Å². The summed E-state index contributed by atoms with van der Waals surface area (Å²) < 4.78 is 0. The molecule has 1 aromatic heterocycles. The first-order valence-electron chi connectivity index (χ1n) is 6.08. The summed E-state index contributed by atoms with van der Waals surface area (Å²) in [5, 5.41) is 7.89. The summed E-state index contributed by atoms with van der Waals surface area (Å²) in [6.45, 7) is 4.43. The van der Waals surface area contributed by atoms with Gasteiger partial charge in [-0.2, -0.15) is 11.3 Å². The maximum atomic E-state index is 3.44. The van der Waals surface area contributed by atoms with Gasteiger partial charge in [-0.05, 0) is 46.9 Å². The molecule has 0 spiro atoms. The first-order chi connectivity index (χ1) is 8.30. The van der Waals surface area contributed by atoms with Crippen LogP contribution in [0.4, 0.5) is 0 Å². The Morgan fingerprint density at radius 1 is 1.24 bits per heavy atom. The van der Waals surface area contributed by atoms with Crippen molar-refractivity contribution in [1.82, 2.24) is 5.32 Å². The molecule has 0 unspecified atom stereocenters.